The summed E-state index contributed by atoms with van der Waals surface area (Å²) in [5.74, 6) is -0.0260. The summed E-state index contributed by atoms with van der Waals surface area (Å²) in [6.07, 6.45) is 5.98. The van der Waals surface area contributed by atoms with Crippen molar-refractivity contribution in [3.8, 4) is 0 Å². The molecule has 1 aromatic carbocycles. The maximum atomic E-state index is 12.9. The molecular formula is C20H20FN3O2S. The number of aromatic amines is 1. The van der Waals surface area contributed by atoms with E-state index >= 15 is 0 Å². The molecule has 2 aromatic heterocycles. The van der Waals surface area contributed by atoms with Gasteiger partial charge in [0.1, 0.15) is 16.5 Å². The van der Waals surface area contributed by atoms with E-state index in [0.29, 0.717) is 17.9 Å². The smallest absolute Gasteiger partial charge is 0.259 e. The van der Waals surface area contributed by atoms with Crippen molar-refractivity contribution in [2.24, 2.45) is 0 Å². The van der Waals surface area contributed by atoms with Crippen LogP contribution >= 0.6 is 11.3 Å². The molecule has 0 radical (unpaired) electrons. The third-order valence-electron chi connectivity index (χ3n) is 4.84. The number of thiophene rings is 1. The van der Waals surface area contributed by atoms with Gasteiger partial charge in [-0.2, -0.15) is 0 Å². The average molecular weight is 385 g/mol. The monoisotopic (exact) mass is 385 g/mol. The van der Waals surface area contributed by atoms with Gasteiger partial charge in [0.05, 0.1) is 5.39 Å². The molecule has 0 unspecified atom stereocenters. The van der Waals surface area contributed by atoms with Gasteiger partial charge < -0.3 is 10.3 Å². The molecule has 0 bridgehead atoms. The fraction of sp³-hybridized carbons (Fsp3) is 0.350. The van der Waals surface area contributed by atoms with Gasteiger partial charge in [-0.05, 0) is 55.5 Å². The Hall–Kier alpha value is -2.54. The Bertz CT molecular complexity index is 1040. The number of fused-ring (bicyclic) bond motifs is 3. The predicted molar refractivity (Wildman–Crippen MR) is 105 cm³/mol. The third-order valence-corrected chi connectivity index (χ3v) is 6.03. The zero-order valence-corrected chi connectivity index (χ0v) is 15.6. The van der Waals surface area contributed by atoms with Crippen LogP contribution in [0.25, 0.3) is 10.2 Å². The minimum atomic E-state index is -0.350. The van der Waals surface area contributed by atoms with Crippen molar-refractivity contribution in [1.29, 1.82) is 0 Å². The van der Waals surface area contributed by atoms with Crippen molar-refractivity contribution < 1.29 is 9.18 Å². The van der Waals surface area contributed by atoms with E-state index in [1.165, 1.54) is 41.1 Å². The topological polar surface area (TPSA) is 74.8 Å². The Labute approximate surface area is 159 Å². The van der Waals surface area contributed by atoms with E-state index in [-0.39, 0.29) is 23.7 Å². The van der Waals surface area contributed by atoms with Gasteiger partial charge >= 0.3 is 0 Å². The van der Waals surface area contributed by atoms with Crippen molar-refractivity contribution >= 4 is 33.1 Å². The van der Waals surface area contributed by atoms with Gasteiger partial charge in [0, 0.05) is 23.4 Å². The number of carbonyl (C=O) groups is 1. The molecular weight excluding hydrogens is 365 g/mol. The molecule has 4 rings (SSSR count). The van der Waals surface area contributed by atoms with Crippen molar-refractivity contribution in [3.05, 3.63) is 56.7 Å². The Morgan fingerprint density at radius 1 is 1.19 bits per heavy atom. The van der Waals surface area contributed by atoms with Crippen LogP contribution in [-0.2, 0) is 24.1 Å². The average Bonchev–Trinajstić information content (AvgIpc) is 2.84. The number of aromatic nitrogens is 2. The molecule has 0 saturated carbocycles. The van der Waals surface area contributed by atoms with Crippen LogP contribution in [0, 0.1) is 5.82 Å². The Morgan fingerprint density at radius 3 is 2.78 bits per heavy atom. The molecule has 140 valence electrons. The first-order valence-corrected chi connectivity index (χ1v) is 10.0. The van der Waals surface area contributed by atoms with Gasteiger partial charge in [0.2, 0.25) is 5.91 Å². The lowest BCUT2D eigenvalue weighted by Gasteiger charge is -2.05. The van der Waals surface area contributed by atoms with E-state index in [0.717, 1.165) is 35.9 Å². The number of hydrogen-bond donors (Lipinski definition) is 2. The van der Waals surface area contributed by atoms with Crippen molar-refractivity contribution in [3.63, 3.8) is 0 Å². The first-order chi connectivity index (χ1) is 13.1. The zero-order valence-electron chi connectivity index (χ0n) is 14.8. The number of hydrogen-bond acceptors (Lipinski definition) is 4. The van der Waals surface area contributed by atoms with E-state index in [2.05, 4.69) is 15.3 Å². The first-order valence-electron chi connectivity index (χ1n) is 9.19. The number of aryl methyl sites for hydroxylation is 3. The number of rotatable bonds is 4. The van der Waals surface area contributed by atoms with E-state index < -0.39 is 0 Å². The second kappa shape index (κ2) is 7.60. The number of nitrogens with one attached hydrogen (secondary N) is 2. The molecule has 3 aromatic rings. The Kier molecular flexibility index (Phi) is 5.03. The minimum Gasteiger partial charge on any atom is -0.326 e. The normalized spacial score (nSPS) is 14.0. The highest BCUT2D eigenvalue weighted by atomic mass is 32.1. The summed E-state index contributed by atoms with van der Waals surface area (Å²) in [6.45, 7) is 0. The molecule has 1 aliphatic carbocycles. The van der Waals surface area contributed by atoms with Gasteiger partial charge in [-0.15, -0.1) is 11.3 Å². The largest absolute Gasteiger partial charge is 0.326 e. The number of halogens is 1. The number of nitrogens with zero attached hydrogens (tertiary/aromatic N) is 1. The van der Waals surface area contributed by atoms with Gasteiger partial charge in [-0.1, -0.05) is 6.42 Å². The molecule has 5 nitrogen and oxygen atoms in total. The van der Waals surface area contributed by atoms with Crippen LogP contribution in [0.4, 0.5) is 10.1 Å². The molecule has 0 spiro atoms. The van der Waals surface area contributed by atoms with Crippen LogP contribution in [0.15, 0.2) is 29.1 Å². The van der Waals surface area contributed by atoms with E-state index in [4.69, 9.17) is 0 Å². The second-order valence-corrected chi connectivity index (χ2v) is 7.90. The van der Waals surface area contributed by atoms with Crippen LogP contribution < -0.4 is 10.9 Å². The predicted octanol–water partition coefficient (Wildman–Crippen LogP) is 3.96. The fourth-order valence-corrected chi connectivity index (χ4v) is 4.77. The molecule has 1 aliphatic rings. The summed E-state index contributed by atoms with van der Waals surface area (Å²) in [4.78, 5) is 34.2. The SMILES string of the molecule is O=C(CCc1nc2sc3c(c2c(=O)[nH]1)CCCCC3)Nc1ccc(F)cc1. The molecule has 27 heavy (non-hydrogen) atoms. The molecule has 0 aliphatic heterocycles. The molecule has 1 amide bonds. The maximum absolute atomic E-state index is 12.9. The van der Waals surface area contributed by atoms with Crippen LogP contribution in [0.1, 0.15) is 41.9 Å². The fourth-order valence-electron chi connectivity index (χ4n) is 3.49. The highest BCUT2D eigenvalue weighted by Crippen LogP contribution is 2.32. The standard InChI is InChI=1S/C20H20FN3O2S/c21-12-6-8-13(9-7-12)22-17(25)11-10-16-23-19(26)18-14-4-2-1-3-5-15(14)27-20(18)24-16/h6-9H,1-5,10-11H2,(H,22,25)(H,23,24,26). The summed E-state index contributed by atoms with van der Waals surface area (Å²) in [5, 5.41) is 3.45. The summed E-state index contributed by atoms with van der Waals surface area (Å²) >= 11 is 1.61. The lowest BCUT2D eigenvalue weighted by molar-refractivity contribution is -0.116. The van der Waals surface area contributed by atoms with E-state index in [1.807, 2.05) is 0 Å². The molecule has 7 heteroatoms. The van der Waals surface area contributed by atoms with Gasteiger partial charge in [0.15, 0.2) is 0 Å². The lowest BCUT2D eigenvalue weighted by atomic mass is 10.1. The zero-order chi connectivity index (χ0) is 18.8. The number of carbonyl (C=O) groups excluding carboxylic acids is 1. The summed E-state index contributed by atoms with van der Waals surface area (Å²) < 4.78 is 12.9. The van der Waals surface area contributed by atoms with Crippen molar-refractivity contribution in [1.82, 2.24) is 9.97 Å². The maximum Gasteiger partial charge on any atom is 0.259 e. The van der Waals surface area contributed by atoms with Crippen LogP contribution in [0.2, 0.25) is 0 Å². The quantitative estimate of drug-likeness (QED) is 0.668. The van der Waals surface area contributed by atoms with Crippen molar-refractivity contribution in [2.75, 3.05) is 5.32 Å². The summed E-state index contributed by atoms with van der Waals surface area (Å²) in [6, 6.07) is 5.61. The lowest BCUT2D eigenvalue weighted by Crippen LogP contribution is -2.16. The molecule has 2 N–H and O–H groups in total. The van der Waals surface area contributed by atoms with Crippen LogP contribution in [0.5, 0.6) is 0 Å². The van der Waals surface area contributed by atoms with Gasteiger partial charge in [-0.3, -0.25) is 9.59 Å². The highest BCUT2D eigenvalue weighted by molar-refractivity contribution is 7.18. The molecule has 0 saturated heterocycles. The highest BCUT2D eigenvalue weighted by Gasteiger charge is 2.19. The number of benzene rings is 1. The summed E-state index contributed by atoms with van der Waals surface area (Å²) in [5.41, 5.74) is 1.61. The van der Waals surface area contributed by atoms with Crippen LogP contribution in [-0.4, -0.2) is 15.9 Å². The number of H-pyrrole nitrogens is 1. The van der Waals surface area contributed by atoms with E-state index in [9.17, 15) is 14.0 Å². The Balaban J connectivity index is 1.48. The number of amides is 1. The van der Waals surface area contributed by atoms with Crippen LogP contribution in [0.3, 0.4) is 0 Å². The molecule has 2 heterocycles. The second-order valence-electron chi connectivity index (χ2n) is 6.81. The molecule has 0 fully saturated rings. The van der Waals surface area contributed by atoms with Gasteiger partial charge in [-0.25, -0.2) is 9.37 Å². The third kappa shape index (κ3) is 3.93. The van der Waals surface area contributed by atoms with Crippen molar-refractivity contribution in [2.45, 2.75) is 44.9 Å². The molecule has 0 atom stereocenters. The van der Waals surface area contributed by atoms with E-state index in [1.54, 1.807) is 11.3 Å². The minimum absolute atomic E-state index is 0.103. The Morgan fingerprint density at radius 2 is 1.96 bits per heavy atom. The number of anilines is 1. The first kappa shape index (κ1) is 17.9. The van der Waals surface area contributed by atoms with Gasteiger partial charge in [0.25, 0.3) is 5.56 Å². The summed E-state index contributed by atoms with van der Waals surface area (Å²) in [7, 11) is 0.